The van der Waals surface area contributed by atoms with E-state index in [1.807, 2.05) is 6.92 Å². The highest BCUT2D eigenvalue weighted by Crippen LogP contribution is 2.38. The molecule has 116 valence electrons. The number of hydrogen-bond donors (Lipinski definition) is 1. The summed E-state index contributed by atoms with van der Waals surface area (Å²) in [6.07, 6.45) is 3.02. The molecule has 1 saturated heterocycles. The molecular weight excluding hydrogens is 262 g/mol. The minimum atomic E-state index is -0.169. The summed E-state index contributed by atoms with van der Waals surface area (Å²) in [6, 6.07) is 6.54. The van der Waals surface area contributed by atoms with E-state index in [4.69, 9.17) is 4.74 Å². The molecule has 1 fully saturated rings. The highest BCUT2D eigenvalue weighted by atomic mass is 16.5. The maximum atomic E-state index is 9.70. The van der Waals surface area contributed by atoms with Gasteiger partial charge in [-0.15, -0.1) is 0 Å². The third kappa shape index (κ3) is 3.24. The van der Waals surface area contributed by atoms with Gasteiger partial charge in [-0.25, -0.2) is 0 Å². The molecule has 1 aromatic carbocycles. The van der Waals surface area contributed by atoms with Crippen LogP contribution in [0, 0.1) is 5.92 Å². The van der Waals surface area contributed by atoms with Gasteiger partial charge in [-0.2, -0.15) is 0 Å². The number of rotatable bonds is 3. The van der Waals surface area contributed by atoms with Crippen LogP contribution in [0.5, 0.6) is 5.75 Å². The Labute approximate surface area is 127 Å². The Balaban J connectivity index is 1.67. The smallest absolute Gasteiger partial charge is 0.127 e. The predicted molar refractivity (Wildman–Crippen MR) is 84.5 cm³/mol. The number of nitrogens with zero attached hydrogens (tertiary/aromatic N) is 1. The Morgan fingerprint density at radius 3 is 2.71 bits per heavy atom. The third-order valence-electron chi connectivity index (χ3n) is 4.88. The summed E-state index contributed by atoms with van der Waals surface area (Å²) >= 11 is 0. The van der Waals surface area contributed by atoms with Crippen LogP contribution in [0.25, 0.3) is 0 Å². The zero-order valence-electron chi connectivity index (χ0n) is 13.4. The Hall–Kier alpha value is -1.06. The molecule has 2 aliphatic heterocycles. The van der Waals surface area contributed by atoms with Crippen molar-refractivity contribution >= 4 is 0 Å². The lowest BCUT2D eigenvalue weighted by Gasteiger charge is -2.33. The maximum Gasteiger partial charge on any atom is 0.127 e. The normalized spacial score (nSPS) is 23.6. The van der Waals surface area contributed by atoms with Gasteiger partial charge in [0.05, 0.1) is 6.10 Å². The molecule has 21 heavy (non-hydrogen) atoms. The van der Waals surface area contributed by atoms with Crippen LogP contribution >= 0.6 is 0 Å². The van der Waals surface area contributed by atoms with Crippen molar-refractivity contribution in [2.24, 2.45) is 5.92 Å². The van der Waals surface area contributed by atoms with Crippen molar-refractivity contribution in [2.75, 3.05) is 13.1 Å². The van der Waals surface area contributed by atoms with Gasteiger partial charge in [-0.05, 0) is 58.2 Å². The maximum absolute atomic E-state index is 9.70. The van der Waals surface area contributed by atoms with Crippen LogP contribution in [-0.4, -0.2) is 34.8 Å². The number of aliphatic hydroxyl groups excluding tert-OH is 1. The highest BCUT2D eigenvalue weighted by molar-refractivity contribution is 5.45. The summed E-state index contributed by atoms with van der Waals surface area (Å²) in [5, 5.41) is 9.70. The van der Waals surface area contributed by atoms with E-state index in [0.717, 1.165) is 44.6 Å². The zero-order chi connectivity index (χ0) is 15.0. The van der Waals surface area contributed by atoms with Crippen LogP contribution in [0.2, 0.25) is 0 Å². The van der Waals surface area contributed by atoms with Gasteiger partial charge in [0.2, 0.25) is 0 Å². The van der Waals surface area contributed by atoms with Crippen LogP contribution in [0.1, 0.15) is 44.7 Å². The first kappa shape index (κ1) is 14.9. The van der Waals surface area contributed by atoms with Gasteiger partial charge in [-0.1, -0.05) is 18.2 Å². The van der Waals surface area contributed by atoms with Gasteiger partial charge in [0, 0.05) is 18.5 Å². The van der Waals surface area contributed by atoms with Crippen LogP contribution < -0.4 is 4.74 Å². The number of fused-ring (bicyclic) bond motifs is 1. The molecule has 0 saturated carbocycles. The largest absolute Gasteiger partial charge is 0.487 e. The van der Waals surface area contributed by atoms with E-state index in [9.17, 15) is 5.11 Å². The van der Waals surface area contributed by atoms with Crippen molar-refractivity contribution in [3.05, 3.63) is 29.3 Å². The van der Waals surface area contributed by atoms with E-state index < -0.39 is 0 Å². The monoisotopic (exact) mass is 289 g/mol. The highest BCUT2D eigenvalue weighted by Gasteiger charge is 2.32. The second-order valence-corrected chi connectivity index (χ2v) is 7.30. The lowest BCUT2D eigenvalue weighted by atomic mass is 9.92. The molecule has 0 bridgehead atoms. The molecule has 1 aromatic rings. The summed E-state index contributed by atoms with van der Waals surface area (Å²) < 4.78 is 6.16. The van der Waals surface area contributed by atoms with Gasteiger partial charge >= 0.3 is 0 Å². The third-order valence-corrected chi connectivity index (χ3v) is 4.88. The van der Waals surface area contributed by atoms with Crippen LogP contribution in [-0.2, 0) is 13.0 Å². The first-order chi connectivity index (χ1) is 9.94. The number of likely N-dealkylation sites (tertiary alicyclic amines) is 1. The standard InChI is InChI=1S/C18H27NO2/c1-13(20)14-7-9-19(10-8-14)12-16-6-4-5-15-11-18(2,3)21-17(15)16/h4-6,13-14,20H,7-12H2,1-3H3. The van der Waals surface area contributed by atoms with E-state index in [-0.39, 0.29) is 11.7 Å². The predicted octanol–water partition coefficient (Wildman–Crippen LogP) is 2.99. The molecular formula is C18H27NO2. The molecule has 2 heterocycles. The van der Waals surface area contributed by atoms with Crippen LogP contribution in [0.4, 0.5) is 0 Å². The van der Waals surface area contributed by atoms with Crippen molar-refractivity contribution in [2.45, 2.75) is 58.3 Å². The number of aliphatic hydroxyl groups is 1. The molecule has 0 aliphatic carbocycles. The van der Waals surface area contributed by atoms with Crippen molar-refractivity contribution in [3.8, 4) is 5.75 Å². The van der Waals surface area contributed by atoms with E-state index in [0.29, 0.717) is 5.92 Å². The van der Waals surface area contributed by atoms with E-state index in [1.165, 1.54) is 11.1 Å². The van der Waals surface area contributed by atoms with Gasteiger partial charge < -0.3 is 9.84 Å². The molecule has 0 spiro atoms. The van der Waals surface area contributed by atoms with Crippen molar-refractivity contribution < 1.29 is 9.84 Å². The number of piperidine rings is 1. The SMILES string of the molecule is CC(O)C1CCN(Cc2cccc3c2OC(C)(C)C3)CC1. The second kappa shape index (κ2) is 5.62. The topological polar surface area (TPSA) is 32.7 Å². The number of benzene rings is 1. The Bertz CT molecular complexity index is 502. The summed E-state index contributed by atoms with van der Waals surface area (Å²) in [5.74, 6) is 1.58. The molecule has 0 aromatic heterocycles. The Morgan fingerprint density at radius 1 is 1.33 bits per heavy atom. The van der Waals surface area contributed by atoms with Crippen molar-refractivity contribution in [1.82, 2.24) is 4.90 Å². The molecule has 2 aliphatic rings. The number of ether oxygens (including phenoxy) is 1. The molecule has 3 heteroatoms. The molecule has 3 nitrogen and oxygen atoms in total. The fourth-order valence-electron chi connectivity index (χ4n) is 3.64. The lowest BCUT2D eigenvalue weighted by molar-refractivity contribution is 0.0686. The molecule has 3 rings (SSSR count). The van der Waals surface area contributed by atoms with Gasteiger partial charge in [0.25, 0.3) is 0 Å². The van der Waals surface area contributed by atoms with Gasteiger partial charge in [-0.3, -0.25) is 4.90 Å². The summed E-state index contributed by atoms with van der Waals surface area (Å²) in [4.78, 5) is 2.49. The van der Waals surface area contributed by atoms with E-state index in [2.05, 4.69) is 36.9 Å². The van der Waals surface area contributed by atoms with Crippen LogP contribution in [0.15, 0.2) is 18.2 Å². The first-order valence-electron chi connectivity index (χ1n) is 8.15. The molecule has 0 radical (unpaired) electrons. The average Bonchev–Trinajstić information content (AvgIpc) is 2.74. The molecule has 1 unspecified atom stereocenters. The minimum Gasteiger partial charge on any atom is -0.487 e. The first-order valence-corrected chi connectivity index (χ1v) is 8.15. The molecule has 1 atom stereocenters. The summed E-state index contributed by atoms with van der Waals surface area (Å²) in [7, 11) is 0. The lowest BCUT2D eigenvalue weighted by Crippen LogP contribution is -2.36. The summed E-state index contributed by atoms with van der Waals surface area (Å²) in [6.45, 7) is 9.34. The Kier molecular flexibility index (Phi) is 3.98. The average molecular weight is 289 g/mol. The van der Waals surface area contributed by atoms with Crippen molar-refractivity contribution in [3.63, 3.8) is 0 Å². The zero-order valence-corrected chi connectivity index (χ0v) is 13.4. The summed E-state index contributed by atoms with van der Waals surface area (Å²) in [5.41, 5.74) is 2.59. The fourth-order valence-corrected chi connectivity index (χ4v) is 3.64. The molecule has 1 N–H and O–H groups in total. The van der Waals surface area contributed by atoms with Gasteiger partial charge in [0.15, 0.2) is 0 Å². The number of para-hydroxylation sites is 1. The molecule has 0 amide bonds. The Morgan fingerprint density at radius 2 is 2.05 bits per heavy atom. The van der Waals surface area contributed by atoms with E-state index in [1.54, 1.807) is 0 Å². The van der Waals surface area contributed by atoms with Crippen LogP contribution in [0.3, 0.4) is 0 Å². The van der Waals surface area contributed by atoms with Crippen molar-refractivity contribution in [1.29, 1.82) is 0 Å². The van der Waals surface area contributed by atoms with E-state index >= 15 is 0 Å². The van der Waals surface area contributed by atoms with Gasteiger partial charge in [0.1, 0.15) is 11.4 Å². The second-order valence-electron chi connectivity index (χ2n) is 7.30. The minimum absolute atomic E-state index is 0.0717. The fraction of sp³-hybridized carbons (Fsp3) is 0.667. The number of hydrogen-bond acceptors (Lipinski definition) is 3. The quantitative estimate of drug-likeness (QED) is 0.928.